The molecule has 1 amide bonds. The van der Waals surface area contributed by atoms with Crippen LogP contribution in [0.25, 0.3) is 22.2 Å². The van der Waals surface area contributed by atoms with Crippen molar-refractivity contribution in [1.29, 1.82) is 0 Å². The number of amides is 1. The first-order valence-electron chi connectivity index (χ1n) is 12.0. The summed E-state index contributed by atoms with van der Waals surface area (Å²) in [6.07, 6.45) is 1.66. The molecule has 12 heteroatoms. The number of ketones is 1. The molecule has 200 valence electrons. The van der Waals surface area contributed by atoms with Crippen LogP contribution in [-0.4, -0.2) is 43.8 Å². The number of anilines is 1. The zero-order valence-corrected chi connectivity index (χ0v) is 21.0. The first kappa shape index (κ1) is 26.8. The van der Waals surface area contributed by atoms with E-state index in [1.807, 2.05) is 6.07 Å². The largest absolute Gasteiger partial charge is 0.438 e. The first-order valence-corrected chi connectivity index (χ1v) is 12.0. The molecular weight excluding hydrogens is 501 g/mol. The molecule has 4 aromatic heterocycles. The number of nitrogens with one attached hydrogen (secondary N) is 3. The molecule has 0 fully saturated rings. The number of nitrogens with zero attached hydrogens (tertiary/aromatic N) is 3. The van der Waals surface area contributed by atoms with E-state index in [9.17, 15) is 22.8 Å². The van der Waals surface area contributed by atoms with Crippen molar-refractivity contribution >= 4 is 28.4 Å². The first-order chi connectivity index (χ1) is 18.0. The van der Waals surface area contributed by atoms with Crippen LogP contribution in [-0.2, 0) is 11.3 Å². The van der Waals surface area contributed by atoms with Crippen LogP contribution < -0.4 is 10.6 Å². The second kappa shape index (κ2) is 11.0. The molecule has 0 spiro atoms. The van der Waals surface area contributed by atoms with Crippen molar-refractivity contribution in [1.82, 2.24) is 25.3 Å². The van der Waals surface area contributed by atoms with E-state index in [2.05, 4.69) is 30.6 Å². The lowest BCUT2D eigenvalue weighted by molar-refractivity contribution is -0.143. The van der Waals surface area contributed by atoms with Gasteiger partial charge in [0.05, 0.1) is 23.8 Å². The summed E-state index contributed by atoms with van der Waals surface area (Å²) >= 11 is 0. The summed E-state index contributed by atoms with van der Waals surface area (Å²) < 4.78 is 43.0. The Morgan fingerprint density at radius 1 is 1.13 bits per heavy atom. The van der Waals surface area contributed by atoms with E-state index in [1.165, 1.54) is 12.6 Å². The number of aryl methyl sites for hydroxylation is 1. The van der Waals surface area contributed by atoms with Crippen LogP contribution in [0.3, 0.4) is 0 Å². The van der Waals surface area contributed by atoms with E-state index < -0.39 is 30.8 Å². The molecule has 0 saturated heterocycles. The summed E-state index contributed by atoms with van der Waals surface area (Å²) in [5.74, 6) is -0.975. The highest BCUT2D eigenvalue weighted by atomic mass is 19.4. The fourth-order valence-corrected chi connectivity index (χ4v) is 4.05. The number of alkyl halides is 3. The van der Waals surface area contributed by atoms with Crippen molar-refractivity contribution in [2.75, 3.05) is 5.32 Å². The van der Waals surface area contributed by atoms with Gasteiger partial charge in [-0.15, -0.1) is 0 Å². The predicted octanol–water partition coefficient (Wildman–Crippen LogP) is 5.20. The Balaban J connectivity index is 1.52. The summed E-state index contributed by atoms with van der Waals surface area (Å²) in [6.45, 7) is 5.44. The molecular formula is C26H27F3N6O3. The Labute approximate surface area is 216 Å². The molecule has 0 aliphatic heterocycles. The number of pyridine rings is 2. The van der Waals surface area contributed by atoms with Gasteiger partial charge >= 0.3 is 6.18 Å². The van der Waals surface area contributed by atoms with Crippen molar-refractivity contribution in [3.05, 3.63) is 60.3 Å². The van der Waals surface area contributed by atoms with Crippen LogP contribution in [0.1, 0.15) is 48.5 Å². The van der Waals surface area contributed by atoms with Crippen LogP contribution in [0.2, 0.25) is 0 Å². The maximum atomic E-state index is 12.6. The third kappa shape index (κ3) is 6.36. The van der Waals surface area contributed by atoms with Crippen molar-refractivity contribution in [2.45, 2.75) is 52.4 Å². The average molecular weight is 529 g/mol. The zero-order chi connectivity index (χ0) is 27.4. The van der Waals surface area contributed by atoms with Crippen molar-refractivity contribution in [3.63, 3.8) is 0 Å². The Kier molecular flexibility index (Phi) is 7.79. The lowest BCUT2D eigenvalue weighted by Crippen LogP contribution is -2.35. The quantitative estimate of drug-likeness (QED) is 0.258. The minimum Gasteiger partial charge on any atom is -0.438 e. The Morgan fingerprint density at radius 2 is 1.92 bits per heavy atom. The number of fused-ring (bicyclic) bond motifs is 1. The third-order valence-corrected chi connectivity index (χ3v) is 6.03. The number of carbonyl (C=O) groups is 2. The SMILES string of the molecule is Cc1ncoc1C(=O)NCc1cnc2[nH]cc(-c3cncc(NC(C(=O)CCC(F)(F)F)C(C)C)c3)c2c1. The van der Waals surface area contributed by atoms with E-state index in [0.717, 1.165) is 16.5 Å². The van der Waals surface area contributed by atoms with Gasteiger partial charge in [-0.3, -0.25) is 14.6 Å². The second-order valence-electron chi connectivity index (χ2n) is 9.30. The minimum absolute atomic E-state index is 0.147. The fraction of sp³-hybridized carbons (Fsp3) is 0.346. The number of Topliss-reactive ketones (excluding diaryl/α,β-unsaturated/α-hetero) is 1. The van der Waals surface area contributed by atoms with Gasteiger partial charge < -0.3 is 20.0 Å². The molecule has 0 aromatic carbocycles. The lowest BCUT2D eigenvalue weighted by atomic mass is 9.96. The molecule has 1 atom stereocenters. The summed E-state index contributed by atoms with van der Waals surface area (Å²) in [7, 11) is 0. The van der Waals surface area contributed by atoms with Gasteiger partial charge in [0, 0.05) is 54.3 Å². The number of oxazole rings is 1. The summed E-state index contributed by atoms with van der Waals surface area (Å²) in [5, 5.41) is 6.63. The number of halogens is 3. The molecule has 3 N–H and O–H groups in total. The molecule has 0 aliphatic rings. The normalized spacial score (nSPS) is 12.6. The molecule has 4 heterocycles. The van der Waals surface area contributed by atoms with Gasteiger partial charge in [-0.2, -0.15) is 13.2 Å². The highest BCUT2D eigenvalue weighted by molar-refractivity contribution is 5.95. The topological polar surface area (TPSA) is 126 Å². The zero-order valence-electron chi connectivity index (χ0n) is 21.0. The average Bonchev–Trinajstić information content (AvgIpc) is 3.49. The van der Waals surface area contributed by atoms with Crippen LogP contribution >= 0.6 is 0 Å². The number of aromatic nitrogens is 4. The van der Waals surface area contributed by atoms with Crippen molar-refractivity contribution < 1.29 is 27.2 Å². The summed E-state index contributed by atoms with van der Waals surface area (Å²) in [5.41, 5.74) is 3.88. The highest BCUT2D eigenvalue weighted by Crippen LogP contribution is 2.30. The molecule has 0 saturated carbocycles. The molecule has 4 rings (SSSR count). The summed E-state index contributed by atoms with van der Waals surface area (Å²) in [4.78, 5) is 40.6. The Bertz CT molecular complexity index is 1440. The second-order valence-corrected chi connectivity index (χ2v) is 9.30. The van der Waals surface area contributed by atoms with Gasteiger partial charge in [-0.05, 0) is 30.5 Å². The van der Waals surface area contributed by atoms with Crippen LogP contribution in [0.5, 0.6) is 0 Å². The van der Waals surface area contributed by atoms with E-state index in [4.69, 9.17) is 4.42 Å². The molecule has 0 aliphatic carbocycles. The van der Waals surface area contributed by atoms with Gasteiger partial charge in [-0.25, -0.2) is 9.97 Å². The highest BCUT2D eigenvalue weighted by Gasteiger charge is 2.31. The van der Waals surface area contributed by atoms with Crippen LogP contribution in [0, 0.1) is 12.8 Å². The smallest absolute Gasteiger partial charge is 0.389 e. The van der Waals surface area contributed by atoms with E-state index >= 15 is 0 Å². The van der Waals surface area contributed by atoms with Gasteiger partial charge in [0.15, 0.2) is 12.2 Å². The van der Waals surface area contributed by atoms with Crippen LogP contribution in [0.15, 0.2) is 47.7 Å². The fourth-order valence-electron chi connectivity index (χ4n) is 4.05. The maximum Gasteiger partial charge on any atom is 0.389 e. The predicted molar refractivity (Wildman–Crippen MR) is 134 cm³/mol. The number of carbonyl (C=O) groups excluding carboxylic acids is 2. The van der Waals surface area contributed by atoms with Crippen LogP contribution in [0.4, 0.5) is 18.9 Å². The number of hydrogen-bond donors (Lipinski definition) is 3. The number of aromatic amines is 1. The molecule has 1 unspecified atom stereocenters. The van der Waals surface area contributed by atoms with E-state index in [1.54, 1.807) is 45.4 Å². The Hall–Kier alpha value is -4.22. The third-order valence-electron chi connectivity index (χ3n) is 6.03. The Morgan fingerprint density at radius 3 is 2.61 bits per heavy atom. The molecule has 0 radical (unpaired) electrons. The van der Waals surface area contributed by atoms with Crippen molar-refractivity contribution in [3.8, 4) is 11.1 Å². The van der Waals surface area contributed by atoms with Gasteiger partial charge in [-0.1, -0.05) is 13.8 Å². The van der Waals surface area contributed by atoms with Crippen molar-refractivity contribution in [2.24, 2.45) is 5.92 Å². The van der Waals surface area contributed by atoms with Gasteiger partial charge in [0.1, 0.15) is 5.65 Å². The van der Waals surface area contributed by atoms with Gasteiger partial charge in [0.25, 0.3) is 5.91 Å². The van der Waals surface area contributed by atoms with Gasteiger partial charge in [0.2, 0.25) is 5.76 Å². The summed E-state index contributed by atoms with van der Waals surface area (Å²) in [6, 6.07) is 2.88. The molecule has 0 bridgehead atoms. The minimum atomic E-state index is -4.39. The molecule has 38 heavy (non-hydrogen) atoms. The number of hydrogen-bond acceptors (Lipinski definition) is 7. The monoisotopic (exact) mass is 528 g/mol. The standard InChI is InChI=1S/C26H27F3N6O3/c1-14(2)22(21(36)4-5-26(27,28)29)35-18-7-17(10-30-11-18)20-12-32-24-19(20)6-16(8-31-24)9-33-25(37)23-15(3)34-13-38-23/h6-8,10-14,22,35H,4-5,9H2,1-3H3,(H,31,32)(H,33,37). The number of rotatable bonds is 10. The molecule has 4 aromatic rings. The molecule has 9 nitrogen and oxygen atoms in total. The maximum absolute atomic E-state index is 12.6. The van der Waals surface area contributed by atoms with E-state index in [0.29, 0.717) is 22.6 Å². The van der Waals surface area contributed by atoms with E-state index in [-0.39, 0.29) is 24.1 Å². The number of H-pyrrole nitrogens is 1. The lowest BCUT2D eigenvalue weighted by Gasteiger charge is -2.22.